The summed E-state index contributed by atoms with van der Waals surface area (Å²) in [6.45, 7) is 14.7. The Bertz CT molecular complexity index is 3590. The van der Waals surface area contributed by atoms with Gasteiger partial charge in [-0.3, -0.25) is 13.9 Å². The average Bonchev–Trinajstić information content (AvgIpc) is 1.99. The molecule has 83 heavy (non-hydrogen) atoms. The Hall–Kier alpha value is -3.73. The van der Waals surface area contributed by atoms with Crippen molar-refractivity contribution in [3.05, 3.63) is 112 Å². The second-order valence-electron chi connectivity index (χ2n) is 22.1. The van der Waals surface area contributed by atoms with Gasteiger partial charge in [-0.2, -0.15) is 21.4 Å². The van der Waals surface area contributed by atoms with E-state index in [1.54, 1.807) is 18.2 Å². The first-order chi connectivity index (χ1) is 39.1. The Balaban J connectivity index is 1.34. The average molecular weight is 1290 g/mol. The van der Waals surface area contributed by atoms with Gasteiger partial charge in [-0.25, -0.2) is 28.5 Å². The first-order valence-electron chi connectivity index (χ1n) is 26.4. The van der Waals surface area contributed by atoms with Crippen molar-refractivity contribution < 1.29 is 87.6 Å². The molecular weight excluding hydrogens is 1220 g/mol. The molecule has 5 N–H and O–H groups in total. The highest BCUT2D eigenvalue weighted by Crippen LogP contribution is 2.53. The molecule has 4 aromatic rings. The van der Waals surface area contributed by atoms with Crippen molar-refractivity contribution in [1.29, 1.82) is 0 Å². The van der Waals surface area contributed by atoms with E-state index >= 15 is 0 Å². The van der Waals surface area contributed by atoms with Crippen molar-refractivity contribution in [2.45, 2.75) is 119 Å². The molecule has 28 heteroatoms. The third-order valence-corrected chi connectivity index (χ3v) is 21.7. The smallest absolute Gasteiger partial charge is 0.294 e. The zero-order valence-corrected chi connectivity index (χ0v) is 52.9. The highest BCUT2D eigenvalue weighted by molar-refractivity contribution is 8.04. The van der Waals surface area contributed by atoms with Crippen LogP contribution < -0.4 is 4.90 Å². The van der Waals surface area contributed by atoms with Crippen molar-refractivity contribution in [1.82, 2.24) is 4.31 Å². The quantitative estimate of drug-likeness (QED) is 0.00843. The van der Waals surface area contributed by atoms with E-state index in [0.717, 1.165) is 79.4 Å². The second kappa shape index (κ2) is 28.0. The molecule has 7 rings (SSSR count). The number of nitrogens with zero attached hydrogens (tertiary/aromatic N) is 3. The van der Waals surface area contributed by atoms with Crippen molar-refractivity contribution in [3.63, 3.8) is 0 Å². The van der Waals surface area contributed by atoms with Gasteiger partial charge in [-0.1, -0.05) is 80.1 Å². The summed E-state index contributed by atoms with van der Waals surface area (Å²) in [6, 6.07) is 15.3. The lowest BCUT2D eigenvalue weighted by atomic mass is 9.78. The Kier molecular flexibility index (Phi) is 22.5. The van der Waals surface area contributed by atoms with Gasteiger partial charge in [0.2, 0.25) is 15.7 Å². The van der Waals surface area contributed by atoms with Gasteiger partial charge < -0.3 is 4.90 Å². The molecule has 1 aliphatic carbocycles. The predicted molar refractivity (Wildman–Crippen MR) is 324 cm³/mol. The van der Waals surface area contributed by atoms with Crippen molar-refractivity contribution in [3.8, 4) is 0 Å². The van der Waals surface area contributed by atoms with Crippen LogP contribution in [0.5, 0.6) is 0 Å². The van der Waals surface area contributed by atoms with Crippen LogP contribution in [0.15, 0.2) is 115 Å². The molecule has 0 spiro atoms. The molecule has 2 heterocycles. The topological polar surface area (TPSA) is 286 Å². The van der Waals surface area contributed by atoms with E-state index in [1.165, 1.54) is 35.2 Å². The third-order valence-electron chi connectivity index (χ3n) is 14.9. The minimum atomic E-state index is -4.74. The lowest BCUT2D eigenvalue weighted by molar-refractivity contribution is -0.438. The first kappa shape index (κ1) is 66.8. The number of fused-ring (bicyclic) bond motifs is 6. The molecule has 0 bridgehead atoms. The lowest BCUT2D eigenvalue weighted by Crippen LogP contribution is -2.29. The largest absolute Gasteiger partial charge is 0.344 e. The van der Waals surface area contributed by atoms with E-state index in [9.17, 15) is 39.2 Å². The van der Waals surface area contributed by atoms with Crippen LogP contribution in [0.2, 0.25) is 0 Å². The number of carbonyl (C=O) groups excluding carboxylic acids is 1. The molecule has 21 nitrogen and oxygen atoms in total. The summed E-state index contributed by atoms with van der Waals surface area (Å²) >= 11 is 3.70. The predicted octanol–water partition coefficient (Wildman–Crippen LogP) is 12.2. The van der Waals surface area contributed by atoms with Crippen molar-refractivity contribution >= 4 is 123 Å². The van der Waals surface area contributed by atoms with Crippen LogP contribution in [0.25, 0.3) is 21.5 Å². The normalized spacial score (nSPS) is 17.6. The van der Waals surface area contributed by atoms with Crippen LogP contribution in [-0.2, 0) is 74.0 Å². The van der Waals surface area contributed by atoms with Gasteiger partial charge in [0.1, 0.15) is 12.3 Å². The number of anilines is 1. The fourth-order valence-corrected chi connectivity index (χ4v) is 16.4. The number of rotatable bonds is 29. The van der Waals surface area contributed by atoms with Crippen molar-refractivity contribution in [2.75, 3.05) is 54.6 Å². The molecule has 0 atom stereocenters. The number of hydrogen-bond donors (Lipinski definition) is 5. The number of benzene rings is 4. The number of carbonyl (C=O) groups is 1. The fraction of sp³-hybridized carbons (Fsp3) is 0.455. The summed E-state index contributed by atoms with van der Waals surface area (Å²) in [5.74, 6) is 0.425. The molecule has 0 saturated carbocycles. The summed E-state index contributed by atoms with van der Waals surface area (Å²) in [5, 5.41) is 40.4. The molecular formula is C55H70N3O18S7+. The SMILES string of the molecule is CN(CCCC(=O)C(C)(C)C)S(=O)(=O)c1cccc2c3c(ccc12)N(CCCSOOO)/C(=C/C=C1\CCCC(/C=C/C2=[N+](CCCSOOO)c4ccc5c(SOOO)cc(S(=O)(=O)O)cc5c4C2(C)C)=C1SCCS(=O)(=O)O)C3(C)C. The Morgan fingerprint density at radius 3 is 2.12 bits per heavy atom. The van der Waals surface area contributed by atoms with E-state index in [0.29, 0.717) is 91.3 Å². The lowest BCUT2D eigenvalue weighted by Gasteiger charge is -2.27. The zero-order valence-electron chi connectivity index (χ0n) is 47.1. The van der Waals surface area contributed by atoms with Crippen LogP contribution >= 0.6 is 47.9 Å². The molecule has 454 valence electrons. The van der Waals surface area contributed by atoms with Gasteiger partial charge in [-0.15, -0.1) is 24.8 Å². The molecule has 0 unspecified atom stereocenters. The van der Waals surface area contributed by atoms with E-state index < -0.39 is 57.2 Å². The standard InChI is InChI=1S/C55H69N3O18S7/c1-53(2,3)49(59)18-11-27-56(8)82(66,67)46-17-10-16-41-40(46)22-24-43-50(41)54(4,5)47(57(43)28-12-30-78-74-71-60)25-19-36-14-9-15-37(52(36)77-32-33-81(63,64)65)20-26-48-55(6,7)51-42-34-38(83(68,69)70)35-45(80-76-73-62)39(42)21-23-44(51)58(48)29-13-31-79-75-72-61/h10,16-17,19-26,34-35H,9,11-15,18,27-33H2,1-8H3,(H4-,60,61,62,63,64,65,68,69,70)/p+1. The van der Waals surface area contributed by atoms with Gasteiger partial charge in [0, 0.05) is 129 Å². The number of thioether (sulfide) groups is 1. The van der Waals surface area contributed by atoms with Crippen LogP contribution in [0.4, 0.5) is 11.4 Å². The minimum absolute atomic E-state index is 0.0334. The van der Waals surface area contributed by atoms with Gasteiger partial charge in [-0.05, 0) is 115 Å². The van der Waals surface area contributed by atoms with Crippen LogP contribution in [0.1, 0.15) is 105 Å². The molecule has 0 saturated heterocycles. The highest BCUT2D eigenvalue weighted by atomic mass is 32.2. The van der Waals surface area contributed by atoms with E-state index in [-0.39, 0.29) is 34.3 Å². The van der Waals surface area contributed by atoms with Crippen LogP contribution in [0, 0.1) is 5.41 Å². The van der Waals surface area contributed by atoms with E-state index in [4.69, 9.17) is 24.4 Å². The summed E-state index contributed by atoms with van der Waals surface area (Å²) in [7, 11) is -11.6. The third kappa shape index (κ3) is 15.5. The van der Waals surface area contributed by atoms with Gasteiger partial charge in [0.05, 0.1) is 33.0 Å². The number of ketones is 1. The van der Waals surface area contributed by atoms with Crippen LogP contribution in [0.3, 0.4) is 0 Å². The Morgan fingerprint density at radius 2 is 1.46 bits per heavy atom. The molecule has 0 aromatic heterocycles. The summed E-state index contributed by atoms with van der Waals surface area (Å²) in [4.78, 5) is 15.7. The fourth-order valence-electron chi connectivity index (χ4n) is 11.0. The maximum atomic E-state index is 14.4. The number of hydrogen-bond acceptors (Lipinski definition) is 21. The molecule has 3 aliphatic rings. The Labute approximate surface area is 501 Å². The molecule has 0 amide bonds. The maximum absolute atomic E-state index is 14.4. The zero-order chi connectivity index (χ0) is 60.7. The Morgan fingerprint density at radius 1 is 0.771 bits per heavy atom. The molecule has 2 aliphatic heterocycles. The van der Waals surface area contributed by atoms with E-state index in [1.807, 2.05) is 77.1 Å². The van der Waals surface area contributed by atoms with Crippen molar-refractivity contribution in [2.24, 2.45) is 5.41 Å². The van der Waals surface area contributed by atoms with E-state index in [2.05, 4.69) is 48.8 Å². The summed E-state index contributed by atoms with van der Waals surface area (Å²) in [6.07, 6.45) is 11.7. The van der Waals surface area contributed by atoms with Gasteiger partial charge in [0.25, 0.3) is 20.2 Å². The maximum Gasteiger partial charge on any atom is 0.294 e. The summed E-state index contributed by atoms with van der Waals surface area (Å²) in [5.41, 5.74) is 4.60. The van der Waals surface area contributed by atoms with Gasteiger partial charge >= 0.3 is 0 Å². The van der Waals surface area contributed by atoms with Crippen LogP contribution in [-0.4, -0.2) is 120 Å². The number of sulfonamides is 1. The second-order valence-corrected chi connectivity index (χ2v) is 30.5. The van der Waals surface area contributed by atoms with Gasteiger partial charge in [0.15, 0.2) is 5.71 Å². The highest BCUT2D eigenvalue weighted by Gasteiger charge is 2.46. The first-order valence-corrected chi connectivity index (χ1v) is 34.5. The molecule has 0 radical (unpaired) electrons. The molecule has 0 fully saturated rings. The minimum Gasteiger partial charge on any atom is -0.344 e. The number of Topliss-reactive ketones (excluding diaryl/α,β-unsaturated/α-hetero) is 1. The summed E-state index contributed by atoms with van der Waals surface area (Å²) < 4.78 is 116. The number of allylic oxidation sites excluding steroid dienone is 7. The molecule has 4 aromatic carbocycles. The monoisotopic (exact) mass is 1280 g/mol.